The molecule has 1 N–H and O–H groups in total. The van der Waals surface area contributed by atoms with E-state index in [-0.39, 0.29) is 27.6 Å². The van der Waals surface area contributed by atoms with Gasteiger partial charge in [-0.05, 0) is 46.9 Å². The summed E-state index contributed by atoms with van der Waals surface area (Å²) in [4.78, 5) is 2.88. The van der Waals surface area contributed by atoms with Crippen LogP contribution < -0.4 is 4.74 Å². The third-order valence-electron chi connectivity index (χ3n) is 3.35. The lowest BCUT2D eigenvalue weighted by Crippen LogP contribution is -2.24. The van der Waals surface area contributed by atoms with Gasteiger partial charge in [-0.25, -0.2) is 13.4 Å². The lowest BCUT2D eigenvalue weighted by atomic mass is 10.1. The smallest absolute Gasteiger partial charge is 0.354 e. The number of fused-ring (bicyclic) bond motifs is 1. The fourth-order valence-corrected chi connectivity index (χ4v) is 4.62. The standard InChI is InChI=1S/C15H7F3INO3S/c1-20-8-4-7(16)5-9(6-8)23-11-3-2-10(19)13-12(11)14(21)15(17,18)24(13)22/h2-6,14,21H. The van der Waals surface area contributed by atoms with Gasteiger partial charge in [-0.15, -0.1) is 0 Å². The van der Waals surface area contributed by atoms with Crippen LogP contribution in [-0.4, -0.2) is 14.6 Å². The molecular weight excluding hydrogens is 458 g/mol. The van der Waals surface area contributed by atoms with Crippen LogP contribution in [0.2, 0.25) is 0 Å². The van der Waals surface area contributed by atoms with Crippen molar-refractivity contribution in [2.75, 3.05) is 0 Å². The molecule has 2 unspecified atom stereocenters. The molecule has 2 aromatic carbocycles. The van der Waals surface area contributed by atoms with Crippen molar-refractivity contribution in [3.63, 3.8) is 0 Å². The first kappa shape index (κ1) is 17.2. The SMILES string of the molecule is [C-]#[N+]c1cc(F)cc(Oc2ccc(I)c3c2C(O)C(F)(F)S3=O)c1. The topological polar surface area (TPSA) is 50.9 Å². The molecule has 0 amide bonds. The Morgan fingerprint density at radius 2 is 2.04 bits per heavy atom. The molecule has 1 aliphatic rings. The molecule has 1 aliphatic heterocycles. The second-order valence-electron chi connectivity index (χ2n) is 4.88. The van der Waals surface area contributed by atoms with E-state index in [1.54, 1.807) is 22.6 Å². The predicted octanol–water partition coefficient (Wildman–Crippen LogP) is 4.52. The molecule has 0 spiro atoms. The number of ether oxygens (including phenoxy) is 1. The lowest BCUT2D eigenvalue weighted by Gasteiger charge is -2.15. The van der Waals surface area contributed by atoms with Gasteiger partial charge in [-0.1, -0.05) is 0 Å². The van der Waals surface area contributed by atoms with Crippen LogP contribution >= 0.6 is 22.6 Å². The van der Waals surface area contributed by atoms with Gasteiger partial charge < -0.3 is 9.84 Å². The number of hydrogen-bond donors (Lipinski definition) is 1. The number of aliphatic hydroxyl groups excluding tert-OH is 1. The van der Waals surface area contributed by atoms with Crippen molar-refractivity contribution in [1.29, 1.82) is 0 Å². The van der Waals surface area contributed by atoms with Gasteiger partial charge in [-0.2, -0.15) is 8.78 Å². The molecule has 0 aliphatic carbocycles. The van der Waals surface area contributed by atoms with Gasteiger partial charge in [0.2, 0.25) is 0 Å². The van der Waals surface area contributed by atoms with Gasteiger partial charge in [-0.3, -0.25) is 0 Å². The number of nitrogens with zero attached hydrogens (tertiary/aromatic N) is 1. The maximum Gasteiger partial charge on any atom is 0.354 e. The highest BCUT2D eigenvalue weighted by molar-refractivity contribution is 14.1. The summed E-state index contributed by atoms with van der Waals surface area (Å²) in [6, 6.07) is 5.95. The first-order chi connectivity index (χ1) is 11.3. The van der Waals surface area contributed by atoms with Crippen molar-refractivity contribution >= 4 is 39.1 Å². The Labute approximate surface area is 150 Å². The number of halogens is 4. The van der Waals surface area contributed by atoms with Gasteiger partial charge in [0.25, 0.3) is 0 Å². The van der Waals surface area contributed by atoms with Gasteiger partial charge in [0.05, 0.1) is 11.5 Å². The molecule has 0 saturated heterocycles. The van der Waals surface area contributed by atoms with Gasteiger partial charge in [0, 0.05) is 15.2 Å². The van der Waals surface area contributed by atoms with Crippen LogP contribution in [0.3, 0.4) is 0 Å². The third-order valence-corrected chi connectivity index (χ3v) is 6.14. The monoisotopic (exact) mass is 465 g/mol. The zero-order valence-electron chi connectivity index (χ0n) is 11.6. The van der Waals surface area contributed by atoms with Crippen molar-refractivity contribution < 1.29 is 27.2 Å². The summed E-state index contributed by atoms with van der Waals surface area (Å²) < 4.78 is 58.9. The second-order valence-corrected chi connectivity index (χ2v) is 7.53. The minimum atomic E-state index is -3.84. The van der Waals surface area contributed by atoms with Crippen molar-refractivity contribution in [2.45, 2.75) is 16.3 Å². The molecule has 9 heteroatoms. The molecule has 1 heterocycles. The van der Waals surface area contributed by atoms with Gasteiger partial charge >= 0.3 is 5.25 Å². The Morgan fingerprint density at radius 1 is 1.33 bits per heavy atom. The number of alkyl halides is 2. The van der Waals surface area contributed by atoms with Crippen molar-refractivity contribution in [2.24, 2.45) is 0 Å². The van der Waals surface area contributed by atoms with E-state index in [0.29, 0.717) is 3.57 Å². The highest BCUT2D eigenvalue weighted by atomic mass is 127. The fourth-order valence-electron chi connectivity index (χ4n) is 2.30. The average Bonchev–Trinajstić information content (AvgIpc) is 2.71. The van der Waals surface area contributed by atoms with E-state index in [9.17, 15) is 22.5 Å². The minimum absolute atomic E-state index is 0.0263. The Morgan fingerprint density at radius 3 is 2.71 bits per heavy atom. The van der Waals surface area contributed by atoms with Crippen LogP contribution in [0.25, 0.3) is 4.85 Å². The summed E-state index contributed by atoms with van der Waals surface area (Å²) in [5.74, 6) is -0.974. The molecule has 124 valence electrons. The van der Waals surface area contributed by atoms with Crippen LogP contribution in [0, 0.1) is 16.0 Å². The summed E-state index contributed by atoms with van der Waals surface area (Å²) in [7, 11) is -2.72. The van der Waals surface area contributed by atoms with E-state index in [2.05, 4.69) is 4.85 Å². The maximum atomic E-state index is 13.9. The number of hydrogen-bond acceptors (Lipinski definition) is 3. The van der Waals surface area contributed by atoms with Crippen LogP contribution in [-0.2, 0) is 10.8 Å². The first-order valence-corrected chi connectivity index (χ1v) is 8.64. The minimum Gasteiger partial charge on any atom is -0.458 e. The van der Waals surface area contributed by atoms with E-state index >= 15 is 0 Å². The predicted molar refractivity (Wildman–Crippen MR) is 88.2 cm³/mol. The number of aliphatic hydroxyl groups is 1. The van der Waals surface area contributed by atoms with Crippen LogP contribution in [0.5, 0.6) is 11.5 Å². The highest BCUT2D eigenvalue weighted by Crippen LogP contribution is 2.52. The Balaban J connectivity index is 2.12. The largest absolute Gasteiger partial charge is 0.458 e. The summed E-state index contributed by atoms with van der Waals surface area (Å²) in [6.07, 6.45) is -2.30. The van der Waals surface area contributed by atoms with Crippen molar-refractivity contribution in [3.8, 4) is 11.5 Å². The van der Waals surface area contributed by atoms with E-state index in [4.69, 9.17) is 11.3 Å². The lowest BCUT2D eigenvalue weighted by molar-refractivity contribution is -0.0352. The van der Waals surface area contributed by atoms with Crippen molar-refractivity contribution in [3.05, 3.63) is 56.7 Å². The van der Waals surface area contributed by atoms with Gasteiger partial charge in [0.15, 0.2) is 11.8 Å². The Bertz CT molecular complexity index is 914. The third kappa shape index (κ3) is 2.68. The molecule has 0 saturated carbocycles. The summed E-state index contributed by atoms with van der Waals surface area (Å²) >= 11 is 1.74. The highest BCUT2D eigenvalue weighted by Gasteiger charge is 2.56. The van der Waals surface area contributed by atoms with E-state index in [1.807, 2.05) is 0 Å². The molecule has 2 aromatic rings. The molecule has 0 radical (unpaired) electrons. The average molecular weight is 465 g/mol. The van der Waals surface area contributed by atoms with Crippen LogP contribution in [0.1, 0.15) is 11.7 Å². The zero-order chi connectivity index (χ0) is 17.6. The molecule has 0 bridgehead atoms. The molecule has 4 nitrogen and oxygen atoms in total. The van der Waals surface area contributed by atoms with Crippen LogP contribution in [0.4, 0.5) is 18.9 Å². The number of rotatable bonds is 2. The quantitative estimate of drug-likeness (QED) is 0.525. The number of benzene rings is 2. The maximum absolute atomic E-state index is 13.9. The zero-order valence-corrected chi connectivity index (χ0v) is 14.6. The first-order valence-electron chi connectivity index (χ1n) is 6.41. The fraction of sp³-hybridized carbons (Fsp3) is 0.133. The molecule has 3 rings (SSSR count). The summed E-state index contributed by atoms with van der Waals surface area (Å²) in [5.41, 5.74) is -0.319. The molecule has 0 aromatic heterocycles. The normalized spacial score (nSPS) is 21.2. The van der Waals surface area contributed by atoms with E-state index in [1.165, 1.54) is 18.2 Å². The molecule has 24 heavy (non-hydrogen) atoms. The van der Waals surface area contributed by atoms with Gasteiger partial charge in [0.1, 0.15) is 28.1 Å². The van der Waals surface area contributed by atoms with Crippen molar-refractivity contribution in [1.82, 2.24) is 0 Å². The summed E-state index contributed by atoms with van der Waals surface area (Å²) in [6.45, 7) is 6.90. The van der Waals surface area contributed by atoms with E-state index in [0.717, 1.165) is 12.1 Å². The molecule has 0 fully saturated rings. The second kappa shape index (κ2) is 6.02. The Kier molecular flexibility index (Phi) is 4.31. The van der Waals surface area contributed by atoms with Crippen LogP contribution in [0.15, 0.2) is 35.2 Å². The Hall–Kier alpha value is -1.64. The molecule has 2 atom stereocenters. The summed E-state index contributed by atoms with van der Waals surface area (Å²) in [5, 5.41) is 6.03. The van der Waals surface area contributed by atoms with E-state index < -0.39 is 28.0 Å². The molecular formula is C15H7F3INO3S.